The van der Waals surface area contributed by atoms with Crippen LogP contribution in [0.1, 0.15) is 43.4 Å². The molecule has 0 saturated heterocycles. The highest BCUT2D eigenvalue weighted by molar-refractivity contribution is 5.28. The largest absolute Gasteiger partial charge is 0.349 e. The summed E-state index contributed by atoms with van der Waals surface area (Å²) < 4.78 is 16.0. The molecule has 2 N–H and O–H groups in total. The van der Waals surface area contributed by atoms with Crippen LogP contribution in [0.3, 0.4) is 0 Å². The van der Waals surface area contributed by atoms with Crippen LogP contribution in [0.4, 0.5) is 4.39 Å². The second kappa shape index (κ2) is 5.48. The molecular weight excluding hydrogens is 203 g/mol. The molecule has 0 saturated carbocycles. The minimum absolute atomic E-state index is 0.398. The molecule has 1 rings (SSSR count). The standard InChI is InChI=1S/C13H23FN2/c1-9(2)8-16-10(3)7-12(11(16)4)13(14)5-6-15/h7,9,13H,5-6,8,15H2,1-4H3. The molecule has 1 atom stereocenters. The Labute approximate surface area is 97.6 Å². The van der Waals surface area contributed by atoms with E-state index in [1.165, 1.54) is 0 Å². The monoisotopic (exact) mass is 226 g/mol. The van der Waals surface area contributed by atoms with Gasteiger partial charge in [0.05, 0.1) is 0 Å². The highest BCUT2D eigenvalue weighted by Gasteiger charge is 2.17. The smallest absolute Gasteiger partial charge is 0.128 e. The highest BCUT2D eigenvalue weighted by atomic mass is 19.1. The van der Waals surface area contributed by atoms with E-state index in [0.717, 1.165) is 23.5 Å². The van der Waals surface area contributed by atoms with E-state index in [1.54, 1.807) is 0 Å². The second-order valence-electron chi connectivity index (χ2n) is 4.88. The van der Waals surface area contributed by atoms with Crippen LogP contribution in [0.2, 0.25) is 0 Å². The summed E-state index contributed by atoms with van der Waals surface area (Å²) in [6.07, 6.45) is -0.511. The summed E-state index contributed by atoms with van der Waals surface area (Å²) in [4.78, 5) is 0. The molecule has 16 heavy (non-hydrogen) atoms. The number of hydrogen-bond donors (Lipinski definition) is 1. The van der Waals surface area contributed by atoms with Gasteiger partial charge in [-0.1, -0.05) is 13.8 Å². The van der Waals surface area contributed by atoms with Crippen molar-refractivity contribution in [3.05, 3.63) is 23.0 Å². The maximum Gasteiger partial charge on any atom is 0.128 e. The van der Waals surface area contributed by atoms with Crippen molar-refractivity contribution >= 4 is 0 Å². The van der Waals surface area contributed by atoms with Gasteiger partial charge in [0, 0.05) is 23.5 Å². The van der Waals surface area contributed by atoms with Crippen molar-refractivity contribution in [3.63, 3.8) is 0 Å². The Morgan fingerprint density at radius 2 is 2.00 bits per heavy atom. The van der Waals surface area contributed by atoms with Crippen LogP contribution in [0.25, 0.3) is 0 Å². The van der Waals surface area contributed by atoms with Crippen molar-refractivity contribution in [1.82, 2.24) is 4.57 Å². The third-order valence-corrected chi connectivity index (χ3v) is 2.92. The van der Waals surface area contributed by atoms with E-state index in [9.17, 15) is 4.39 Å². The van der Waals surface area contributed by atoms with Crippen LogP contribution in [-0.2, 0) is 6.54 Å². The van der Waals surface area contributed by atoms with Crippen LogP contribution in [-0.4, -0.2) is 11.1 Å². The first-order valence-electron chi connectivity index (χ1n) is 5.98. The fourth-order valence-electron chi connectivity index (χ4n) is 2.09. The first-order valence-corrected chi connectivity index (χ1v) is 5.98. The number of hydrogen-bond acceptors (Lipinski definition) is 1. The number of nitrogens with zero attached hydrogens (tertiary/aromatic N) is 1. The highest BCUT2D eigenvalue weighted by Crippen LogP contribution is 2.27. The van der Waals surface area contributed by atoms with Gasteiger partial charge in [0.1, 0.15) is 6.17 Å². The Hall–Kier alpha value is -0.830. The van der Waals surface area contributed by atoms with Gasteiger partial charge in [-0.3, -0.25) is 0 Å². The lowest BCUT2D eigenvalue weighted by Crippen LogP contribution is -2.09. The molecule has 0 bridgehead atoms. The van der Waals surface area contributed by atoms with E-state index < -0.39 is 6.17 Å². The Morgan fingerprint density at radius 3 is 2.50 bits per heavy atom. The van der Waals surface area contributed by atoms with Gasteiger partial charge in [0.2, 0.25) is 0 Å². The summed E-state index contributed by atoms with van der Waals surface area (Å²) in [7, 11) is 0. The van der Waals surface area contributed by atoms with Gasteiger partial charge in [0.15, 0.2) is 0 Å². The topological polar surface area (TPSA) is 30.9 Å². The first kappa shape index (κ1) is 13.2. The molecule has 1 aromatic heterocycles. The van der Waals surface area contributed by atoms with Gasteiger partial charge < -0.3 is 10.3 Å². The lowest BCUT2D eigenvalue weighted by molar-refractivity contribution is 0.325. The average Bonchev–Trinajstić information content (AvgIpc) is 2.45. The number of halogens is 1. The second-order valence-corrected chi connectivity index (χ2v) is 4.88. The van der Waals surface area contributed by atoms with E-state index in [-0.39, 0.29) is 0 Å². The normalized spacial score (nSPS) is 13.4. The van der Waals surface area contributed by atoms with Crippen molar-refractivity contribution in [2.24, 2.45) is 11.7 Å². The summed E-state index contributed by atoms with van der Waals surface area (Å²) in [5.41, 5.74) is 8.39. The van der Waals surface area contributed by atoms with E-state index >= 15 is 0 Å². The fourth-order valence-corrected chi connectivity index (χ4v) is 2.09. The minimum atomic E-state index is -0.919. The molecule has 0 amide bonds. The van der Waals surface area contributed by atoms with Crippen LogP contribution in [0.15, 0.2) is 6.07 Å². The number of rotatable bonds is 5. The van der Waals surface area contributed by atoms with Crippen molar-refractivity contribution in [2.45, 2.75) is 46.8 Å². The van der Waals surface area contributed by atoms with Gasteiger partial charge in [-0.15, -0.1) is 0 Å². The van der Waals surface area contributed by atoms with Crippen molar-refractivity contribution in [1.29, 1.82) is 0 Å². The Balaban J connectivity index is 2.96. The predicted molar refractivity (Wildman–Crippen MR) is 66.3 cm³/mol. The molecule has 2 nitrogen and oxygen atoms in total. The summed E-state index contributed by atoms with van der Waals surface area (Å²) in [5.74, 6) is 0.574. The quantitative estimate of drug-likeness (QED) is 0.821. The summed E-state index contributed by atoms with van der Waals surface area (Å²) in [6.45, 7) is 9.72. The number of aromatic nitrogens is 1. The summed E-state index contributed by atoms with van der Waals surface area (Å²) in [5, 5.41) is 0. The van der Waals surface area contributed by atoms with Gasteiger partial charge in [0.25, 0.3) is 0 Å². The van der Waals surface area contributed by atoms with Gasteiger partial charge >= 0.3 is 0 Å². The molecule has 1 heterocycles. The number of nitrogens with two attached hydrogens (primary N) is 1. The SMILES string of the molecule is Cc1cc(C(F)CCN)c(C)n1CC(C)C. The first-order chi connectivity index (χ1) is 7.47. The molecule has 0 spiro atoms. The lowest BCUT2D eigenvalue weighted by Gasteiger charge is -2.13. The van der Waals surface area contributed by atoms with Crippen molar-refractivity contribution in [3.8, 4) is 0 Å². The van der Waals surface area contributed by atoms with Crippen LogP contribution in [0.5, 0.6) is 0 Å². The minimum Gasteiger partial charge on any atom is -0.349 e. The third kappa shape index (κ3) is 2.85. The molecule has 0 radical (unpaired) electrons. The maximum atomic E-state index is 13.8. The summed E-state index contributed by atoms with van der Waals surface area (Å²) >= 11 is 0. The third-order valence-electron chi connectivity index (χ3n) is 2.92. The van der Waals surface area contributed by atoms with Crippen molar-refractivity contribution in [2.75, 3.05) is 6.54 Å². The Morgan fingerprint density at radius 1 is 1.38 bits per heavy atom. The molecule has 0 aliphatic rings. The zero-order valence-electron chi connectivity index (χ0n) is 10.8. The Kier molecular flexibility index (Phi) is 4.54. The average molecular weight is 226 g/mol. The van der Waals surface area contributed by atoms with Crippen molar-refractivity contribution < 1.29 is 4.39 Å². The van der Waals surface area contributed by atoms with Crippen LogP contribution in [0, 0.1) is 19.8 Å². The molecule has 3 heteroatoms. The summed E-state index contributed by atoms with van der Waals surface area (Å²) in [6, 6.07) is 1.96. The molecule has 0 aliphatic carbocycles. The molecular formula is C13H23FN2. The molecule has 0 aliphatic heterocycles. The molecule has 0 fully saturated rings. The zero-order valence-corrected chi connectivity index (χ0v) is 10.8. The molecule has 1 aromatic rings. The molecule has 0 aromatic carbocycles. The lowest BCUT2D eigenvalue weighted by atomic mass is 10.1. The van der Waals surface area contributed by atoms with E-state index in [4.69, 9.17) is 5.73 Å². The maximum absolute atomic E-state index is 13.8. The van der Waals surface area contributed by atoms with E-state index in [1.807, 2.05) is 19.9 Å². The Bertz CT molecular complexity index is 342. The number of aryl methyl sites for hydroxylation is 1. The number of alkyl halides is 1. The van der Waals surface area contributed by atoms with Crippen LogP contribution < -0.4 is 5.73 Å². The molecule has 92 valence electrons. The fraction of sp³-hybridized carbons (Fsp3) is 0.692. The van der Waals surface area contributed by atoms with E-state index in [0.29, 0.717) is 18.9 Å². The van der Waals surface area contributed by atoms with Crippen LogP contribution >= 0.6 is 0 Å². The van der Waals surface area contributed by atoms with Gasteiger partial charge in [-0.05, 0) is 38.8 Å². The molecule has 1 unspecified atom stereocenters. The van der Waals surface area contributed by atoms with Gasteiger partial charge in [-0.2, -0.15) is 0 Å². The zero-order chi connectivity index (χ0) is 12.3. The van der Waals surface area contributed by atoms with E-state index in [2.05, 4.69) is 18.4 Å². The van der Waals surface area contributed by atoms with Gasteiger partial charge in [-0.25, -0.2) is 4.39 Å². The predicted octanol–water partition coefficient (Wildman–Crippen LogP) is 3.12.